The van der Waals surface area contributed by atoms with Gasteiger partial charge in [0.25, 0.3) is 0 Å². The molecule has 0 aromatic rings. The molecular formula is C12H24N2O4S. The van der Waals surface area contributed by atoms with E-state index in [9.17, 15) is 17.8 Å². The van der Waals surface area contributed by atoms with Gasteiger partial charge in [-0.05, 0) is 19.8 Å². The topological polar surface area (TPSA) is 86.3 Å². The van der Waals surface area contributed by atoms with E-state index >= 15 is 0 Å². The Bertz CT molecular complexity index is 415. The van der Waals surface area contributed by atoms with Gasteiger partial charge >= 0.3 is 0 Å². The minimum absolute atomic E-state index is 0.155. The van der Waals surface area contributed by atoms with E-state index in [2.05, 4.69) is 11.9 Å². The summed E-state index contributed by atoms with van der Waals surface area (Å²) in [6, 6.07) is 0. The van der Waals surface area contributed by atoms with Crippen molar-refractivity contribution in [1.82, 2.24) is 5.32 Å². The van der Waals surface area contributed by atoms with Crippen molar-refractivity contribution >= 4 is 16.0 Å². The Labute approximate surface area is 115 Å². The number of nitrogens with zero attached hydrogens (tertiary/aromatic N) is 1. The lowest BCUT2D eigenvalue weighted by Gasteiger charge is -2.30. The van der Waals surface area contributed by atoms with Crippen LogP contribution in [-0.2, 0) is 14.9 Å². The molecule has 0 saturated carbocycles. The lowest BCUT2D eigenvalue weighted by molar-refractivity contribution is -0.889. The summed E-state index contributed by atoms with van der Waals surface area (Å²) in [5.41, 5.74) is 0.478. The highest BCUT2D eigenvalue weighted by atomic mass is 32.2. The molecule has 112 valence electrons. The first-order chi connectivity index (χ1) is 8.53. The third-order valence-electron chi connectivity index (χ3n) is 2.80. The Kier molecular flexibility index (Phi) is 7.25. The van der Waals surface area contributed by atoms with Gasteiger partial charge in [-0.25, -0.2) is 8.42 Å². The summed E-state index contributed by atoms with van der Waals surface area (Å²) < 4.78 is 32.0. The Morgan fingerprint density at radius 3 is 2.32 bits per heavy atom. The zero-order valence-electron chi connectivity index (χ0n) is 11.9. The molecule has 0 atom stereocenters. The zero-order chi connectivity index (χ0) is 15.1. The minimum Gasteiger partial charge on any atom is -0.748 e. The van der Waals surface area contributed by atoms with Crippen molar-refractivity contribution in [3.8, 4) is 0 Å². The SMILES string of the molecule is C=C(C)C(=O)NCC[N+](C)(C)CCCCS(=O)(=O)[O-]. The van der Waals surface area contributed by atoms with Gasteiger partial charge in [0.05, 0.1) is 43.8 Å². The van der Waals surface area contributed by atoms with Crippen LogP contribution in [-0.4, -0.2) is 62.8 Å². The molecule has 0 heterocycles. The standard InChI is InChI=1S/C12H24N2O4S/c1-11(2)12(15)13-7-9-14(3,4)8-5-6-10-19(16,17)18/h1,5-10H2,2-4H3,(H-,13,15,16,17,18). The van der Waals surface area contributed by atoms with Crippen LogP contribution in [0.5, 0.6) is 0 Å². The zero-order valence-corrected chi connectivity index (χ0v) is 12.8. The molecular weight excluding hydrogens is 268 g/mol. The minimum atomic E-state index is -4.10. The second-order valence-corrected chi connectivity index (χ2v) is 6.91. The number of unbranched alkanes of at least 4 members (excludes halogenated alkanes) is 1. The third kappa shape index (κ3) is 10.7. The van der Waals surface area contributed by atoms with Crippen LogP contribution in [0.1, 0.15) is 19.8 Å². The summed E-state index contributed by atoms with van der Waals surface area (Å²) in [7, 11) is -0.106. The van der Waals surface area contributed by atoms with Crippen LogP contribution in [0.25, 0.3) is 0 Å². The van der Waals surface area contributed by atoms with Gasteiger partial charge in [-0.1, -0.05) is 6.58 Å². The second-order valence-electron chi connectivity index (χ2n) is 5.39. The highest BCUT2D eigenvalue weighted by molar-refractivity contribution is 7.85. The molecule has 0 fully saturated rings. The van der Waals surface area contributed by atoms with Gasteiger partial charge < -0.3 is 14.4 Å². The summed E-state index contributed by atoms with van der Waals surface area (Å²) in [5.74, 6) is -0.461. The molecule has 0 spiro atoms. The van der Waals surface area contributed by atoms with Crippen molar-refractivity contribution in [2.75, 3.05) is 39.5 Å². The first-order valence-electron chi connectivity index (χ1n) is 6.23. The van der Waals surface area contributed by atoms with Crippen molar-refractivity contribution in [2.24, 2.45) is 0 Å². The Hall–Kier alpha value is -0.920. The lowest BCUT2D eigenvalue weighted by Crippen LogP contribution is -2.46. The molecule has 1 N–H and O–H groups in total. The van der Waals surface area contributed by atoms with Crippen molar-refractivity contribution in [3.05, 3.63) is 12.2 Å². The maximum atomic E-state index is 11.3. The molecule has 0 radical (unpaired) electrons. The van der Waals surface area contributed by atoms with Crippen molar-refractivity contribution in [1.29, 1.82) is 0 Å². The molecule has 7 heteroatoms. The average Bonchev–Trinajstić information content (AvgIpc) is 2.22. The van der Waals surface area contributed by atoms with Gasteiger partial charge in [0.1, 0.15) is 0 Å². The number of nitrogens with one attached hydrogen (secondary N) is 1. The van der Waals surface area contributed by atoms with Gasteiger partial charge in [-0.15, -0.1) is 0 Å². The summed E-state index contributed by atoms with van der Waals surface area (Å²) >= 11 is 0. The van der Waals surface area contributed by atoms with E-state index in [1.54, 1.807) is 6.92 Å². The van der Waals surface area contributed by atoms with Crippen LogP contribution in [0.2, 0.25) is 0 Å². The molecule has 19 heavy (non-hydrogen) atoms. The fourth-order valence-electron chi connectivity index (χ4n) is 1.55. The predicted molar refractivity (Wildman–Crippen MR) is 73.5 cm³/mol. The summed E-state index contributed by atoms with van der Waals surface area (Å²) in [4.78, 5) is 11.3. The largest absolute Gasteiger partial charge is 0.748 e. The van der Waals surface area contributed by atoms with E-state index in [-0.39, 0.29) is 11.7 Å². The molecule has 0 aliphatic heterocycles. The average molecular weight is 292 g/mol. The first-order valence-corrected chi connectivity index (χ1v) is 7.80. The van der Waals surface area contributed by atoms with Gasteiger partial charge in [0.2, 0.25) is 5.91 Å². The van der Waals surface area contributed by atoms with Gasteiger partial charge in [0.15, 0.2) is 0 Å². The van der Waals surface area contributed by atoms with Crippen LogP contribution < -0.4 is 5.32 Å². The molecule has 0 aliphatic carbocycles. The fourth-order valence-corrected chi connectivity index (χ4v) is 2.11. The molecule has 1 amide bonds. The quantitative estimate of drug-likeness (QED) is 0.282. The van der Waals surface area contributed by atoms with E-state index in [0.29, 0.717) is 29.4 Å². The molecule has 0 saturated heterocycles. The van der Waals surface area contributed by atoms with Crippen LogP contribution >= 0.6 is 0 Å². The van der Waals surface area contributed by atoms with E-state index in [0.717, 1.165) is 13.1 Å². The third-order valence-corrected chi connectivity index (χ3v) is 3.59. The predicted octanol–water partition coefficient (Wildman–Crippen LogP) is 0.0805. The first kappa shape index (κ1) is 18.1. The number of carbonyl (C=O) groups excluding carboxylic acids is 1. The summed E-state index contributed by atoms with van der Waals surface area (Å²) in [6.45, 7) is 7.24. The highest BCUT2D eigenvalue weighted by Gasteiger charge is 2.14. The number of hydrogen-bond donors (Lipinski definition) is 1. The van der Waals surface area contributed by atoms with Crippen molar-refractivity contribution in [3.63, 3.8) is 0 Å². The van der Waals surface area contributed by atoms with E-state index in [4.69, 9.17) is 0 Å². The van der Waals surface area contributed by atoms with Crippen LogP contribution in [0.4, 0.5) is 0 Å². The molecule has 6 nitrogen and oxygen atoms in total. The van der Waals surface area contributed by atoms with Crippen molar-refractivity contribution in [2.45, 2.75) is 19.8 Å². The number of quaternary nitrogens is 1. The highest BCUT2D eigenvalue weighted by Crippen LogP contribution is 2.02. The monoisotopic (exact) mass is 292 g/mol. The fraction of sp³-hybridized carbons (Fsp3) is 0.750. The normalized spacial score (nSPS) is 12.2. The van der Waals surface area contributed by atoms with Gasteiger partial charge in [-0.2, -0.15) is 0 Å². The molecule has 0 aromatic carbocycles. The molecule has 0 rings (SSSR count). The lowest BCUT2D eigenvalue weighted by atomic mass is 10.3. The second kappa shape index (κ2) is 7.62. The number of likely N-dealkylation sites (N-methyl/N-ethyl adjacent to an activating group) is 1. The van der Waals surface area contributed by atoms with Crippen molar-refractivity contribution < 1.29 is 22.2 Å². The van der Waals surface area contributed by atoms with Crippen LogP contribution in [0, 0.1) is 0 Å². The van der Waals surface area contributed by atoms with Gasteiger partial charge in [-0.3, -0.25) is 4.79 Å². The molecule has 0 unspecified atom stereocenters. The molecule has 0 bridgehead atoms. The Morgan fingerprint density at radius 1 is 1.26 bits per heavy atom. The molecule has 0 aliphatic rings. The number of amides is 1. The Balaban J connectivity index is 3.86. The summed E-state index contributed by atoms with van der Waals surface area (Å²) in [5, 5.41) is 2.75. The number of hydrogen-bond acceptors (Lipinski definition) is 4. The van der Waals surface area contributed by atoms with Crippen LogP contribution in [0.15, 0.2) is 12.2 Å². The van der Waals surface area contributed by atoms with Crippen LogP contribution in [0.3, 0.4) is 0 Å². The summed E-state index contributed by atoms with van der Waals surface area (Å²) in [6.07, 6.45) is 1.05. The van der Waals surface area contributed by atoms with E-state index < -0.39 is 10.1 Å². The maximum Gasteiger partial charge on any atom is 0.246 e. The van der Waals surface area contributed by atoms with E-state index in [1.165, 1.54) is 0 Å². The van der Waals surface area contributed by atoms with Gasteiger partial charge in [0, 0.05) is 11.3 Å². The Morgan fingerprint density at radius 2 is 1.84 bits per heavy atom. The smallest absolute Gasteiger partial charge is 0.246 e. The maximum absolute atomic E-state index is 11.3. The number of carbonyl (C=O) groups is 1. The van der Waals surface area contributed by atoms with E-state index in [1.807, 2.05) is 14.1 Å². The number of rotatable bonds is 9. The molecule has 0 aromatic heterocycles.